The Morgan fingerprint density at radius 1 is 1.19 bits per heavy atom. The van der Waals surface area contributed by atoms with Crippen LogP contribution in [0.2, 0.25) is 0 Å². The fraction of sp³-hybridized carbons (Fsp3) is 0.588. The zero-order valence-electron chi connectivity index (χ0n) is 15.0. The molecule has 0 heterocycles. The van der Waals surface area contributed by atoms with Gasteiger partial charge in [-0.2, -0.15) is 22.0 Å². The van der Waals surface area contributed by atoms with Crippen LogP contribution < -0.4 is 4.74 Å². The highest BCUT2D eigenvalue weighted by atomic mass is 19.4. The second kappa shape index (κ2) is 7.21. The number of carboxylic acid groups (broad SMARTS) is 1. The van der Waals surface area contributed by atoms with E-state index in [-0.39, 0.29) is 5.56 Å². The number of hydrogen-bond acceptors (Lipinski definition) is 3. The Bertz CT molecular complexity index is 701. The van der Waals surface area contributed by atoms with Crippen LogP contribution in [-0.4, -0.2) is 41.0 Å². The number of aliphatic carboxylic acids is 1. The molecule has 0 saturated heterocycles. The maximum Gasteiger partial charge on any atom is 0.457 e. The maximum absolute atomic E-state index is 14.1. The van der Waals surface area contributed by atoms with Crippen LogP contribution in [0.15, 0.2) is 18.2 Å². The summed E-state index contributed by atoms with van der Waals surface area (Å²) in [5, 5.41) is 19.4. The molecule has 0 radical (unpaired) electrons. The number of methoxy groups -OCH3 is 1. The van der Waals surface area contributed by atoms with E-state index in [0.717, 1.165) is 33.9 Å². The van der Waals surface area contributed by atoms with E-state index in [9.17, 15) is 41.4 Å². The molecule has 0 aliphatic carbocycles. The van der Waals surface area contributed by atoms with Crippen LogP contribution in [0.4, 0.5) is 26.3 Å². The standard InChI is InChI=1S/C17H20F6O4/c1-5-11(15(26,13(24)25)16(19,20)17(21,22)23)14(2,3)9-7-6-8-10(18)12(9)27-4/h6-8,11,26H,5H2,1-4H3,(H,24,25). The van der Waals surface area contributed by atoms with Crippen LogP contribution in [0, 0.1) is 11.7 Å². The molecule has 4 nitrogen and oxygen atoms in total. The fourth-order valence-corrected chi connectivity index (χ4v) is 3.46. The molecule has 1 aromatic carbocycles. The van der Waals surface area contributed by atoms with Crippen molar-refractivity contribution in [1.82, 2.24) is 0 Å². The summed E-state index contributed by atoms with van der Waals surface area (Å²) < 4.78 is 85.9. The lowest BCUT2D eigenvalue weighted by molar-refractivity contribution is -0.349. The topological polar surface area (TPSA) is 66.8 Å². The fourth-order valence-electron chi connectivity index (χ4n) is 3.46. The van der Waals surface area contributed by atoms with Crippen molar-refractivity contribution in [2.45, 2.75) is 50.3 Å². The zero-order chi connectivity index (χ0) is 21.4. The second-order valence-corrected chi connectivity index (χ2v) is 6.65. The number of para-hydroxylation sites is 1. The number of hydrogen-bond donors (Lipinski definition) is 2. The Hall–Kier alpha value is -1.97. The predicted octanol–water partition coefficient (Wildman–Crippen LogP) is 4.15. The van der Waals surface area contributed by atoms with E-state index in [1.165, 1.54) is 12.1 Å². The van der Waals surface area contributed by atoms with E-state index < -0.39 is 53.0 Å². The summed E-state index contributed by atoms with van der Waals surface area (Å²) >= 11 is 0. The van der Waals surface area contributed by atoms with Crippen molar-refractivity contribution < 1.29 is 46.1 Å². The van der Waals surface area contributed by atoms with Crippen LogP contribution in [0.1, 0.15) is 32.8 Å². The lowest BCUT2D eigenvalue weighted by atomic mass is 9.62. The molecule has 2 atom stereocenters. The molecular formula is C17H20F6O4. The van der Waals surface area contributed by atoms with Crippen LogP contribution >= 0.6 is 0 Å². The van der Waals surface area contributed by atoms with Crippen molar-refractivity contribution in [2.75, 3.05) is 7.11 Å². The largest absolute Gasteiger partial charge is 0.493 e. The Morgan fingerprint density at radius 2 is 1.70 bits per heavy atom. The molecule has 154 valence electrons. The molecule has 0 bridgehead atoms. The molecule has 0 spiro atoms. The minimum absolute atomic E-state index is 0.158. The number of alkyl halides is 5. The van der Waals surface area contributed by atoms with Crippen molar-refractivity contribution in [3.63, 3.8) is 0 Å². The Kier molecular flexibility index (Phi) is 6.16. The highest BCUT2D eigenvalue weighted by Gasteiger charge is 2.77. The normalized spacial score (nSPS) is 16.6. The van der Waals surface area contributed by atoms with E-state index in [4.69, 9.17) is 4.74 Å². The van der Waals surface area contributed by atoms with Crippen molar-refractivity contribution >= 4 is 5.97 Å². The first-order valence-corrected chi connectivity index (χ1v) is 7.83. The van der Waals surface area contributed by atoms with Gasteiger partial charge in [-0.15, -0.1) is 0 Å². The second-order valence-electron chi connectivity index (χ2n) is 6.65. The first-order valence-electron chi connectivity index (χ1n) is 7.83. The van der Waals surface area contributed by atoms with Gasteiger partial charge in [-0.05, 0) is 17.9 Å². The summed E-state index contributed by atoms with van der Waals surface area (Å²) in [4.78, 5) is 11.5. The van der Waals surface area contributed by atoms with Crippen LogP contribution in [0.5, 0.6) is 5.75 Å². The zero-order valence-corrected chi connectivity index (χ0v) is 15.0. The van der Waals surface area contributed by atoms with Crippen molar-refractivity contribution in [1.29, 1.82) is 0 Å². The van der Waals surface area contributed by atoms with Gasteiger partial charge in [-0.1, -0.05) is 32.9 Å². The monoisotopic (exact) mass is 402 g/mol. The number of halogens is 6. The first-order chi connectivity index (χ1) is 12.1. The molecule has 0 amide bonds. The van der Waals surface area contributed by atoms with Gasteiger partial charge in [0.2, 0.25) is 5.60 Å². The molecule has 27 heavy (non-hydrogen) atoms. The number of carbonyl (C=O) groups is 1. The predicted molar refractivity (Wildman–Crippen MR) is 83.3 cm³/mol. The molecule has 0 aromatic heterocycles. The molecule has 10 heteroatoms. The van der Waals surface area contributed by atoms with Gasteiger partial charge in [0.1, 0.15) is 0 Å². The number of aliphatic hydroxyl groups is 1. The minimum Gasteiger partial charge on any atom is -0.493 e. The van der Waals surface area contributed by atoms with Gasteiger partial charge < -0.3 is 14.9 Å². The molecule has 0 saturated carbocycles. The van der Waals surface area contributed by atoms with Gasteiger partial charge >= 0.3 is 18.1 Å². The van der Waals surface area contributed by atoms with Gasteiger partial charge in [0.05, 0.1) is 7.11 Å². The third kappa shape index (κ3) is 3.46. The summed E-state index contributed by atoms with van der Waals surface area (Å²) in [6.07, 6.45) is -6.91. The SMILES string of the molecule is CCC(C(C)(C)c1cccc(F)c1OC)C(O)(C(=O)O)C(F)(F)C(F)(F)F. The summed E-state index contributed by atoms with van der Waals surface area (Å²) in [6, 6.07) is 3.36. The van der Waals surface area contributed by atoms with E-state index in [1.54, 1.807) is 0 Å². The van der Waals surface area contributed by atoms with E-state index in [1.807, 2.05) is 0 Å². The Labute approximate surface area is 151 Å². The molecular weight excluding hydrogens is 382 g/mol. The third-order valence-electron chi connectivity index (χ3n) is 4.81. The van der Waals surface area contributed by atoms with Crippen molar-refractivity contribution in [2.24, 2.45) is 5.92 Å². The quantitative estimate of drug-likeness (QED) is 0.673. The van der Waals surface area contributed by atoms with Crippen molar-refractivity contribution in [3.8, 4) is 5.75 Å². The van der Waals surface area contributed by atoms with Gasteiger partial charge in [-0.25, -0.2) is 9.18 Å². The molecule has 0 aliphatic rings. The first kappa shape index (κ1) is 23.1. The highest BCUT2D eigenvalue weighted by molar-refractivity contribution is 5.80. The van der Waals surface area contributed by atoms with Gasteiger partial charge in [0, 0.05) is 11.5 Å². The van der Waals surface area contributed by atoms with E-state index >= 15 is 0 Å². The third-order valence-corrected chi connectivity index (χ3v) is 4.81. The molecule has 1 aromatic rings. The molecule has 1 rings (SSSR count). The number of carboxylic acids is 1. The summed E-state index contributed by atoms with van der Waals surface area (Å²) in [6.45, 7) is 3.43. The number of benzene rings is 1. The average Bonchev–Trinajstić information content (AvgIpc) is 2.53. The number of rotatable bonds is 7. The summed E-state index contributed by atoms with van der Waals surface area (Å²) in [5.41, 5.74) is -6.50. The van der Waals surface area contributed by atoms with Crippen LogP contribution in [-0.2, 0) is 10.2 Å². The van der Waals surface area contributed by atoms with Crippen LogP contribution in [0.25, 0.3) is 0 Å². The summed E-state index contributed by atoms with van der Waals surface area (Å²) in [7, 11) is 1.06. The maximum atomic E-state index is 14.1. The Morgan fingerprint density at radius 3 is 2.07 bits per heavy atom. The molecule has 0 fully saturated rings. The van der Waals surface area contributed by atoms with E-state index in [2.05, 4.69) is 0 Å². The molecule has 2 N–H and O–H groups in total. The molecule has 0 aliphatic heterocycles. The smallest absolute Gasteiger partial charge is 0.457 e. The minimum atomic E-state index is -6.32. The highest BCUT2D eigenvalue weighted by Crippen LogP contribution is 2.53. The van der Waals surface area contributed by atoms with Gasteiger partial charge in [0.25, 0.3) is 0 Å². The van der Waals surface area contributed by atoms with Crippen molar-refractivity contribution in [3.05, 3.63) is 29.6 Å². The van der Waals surface area contributed by atoms with Crippen LogP contribution in [0.3, 0.4) is 0 Å². The van der Waals surface area contributed by atoms with E-state index in [0.29, 0.717) is 0 Å². The lowest BCUT2D eigenvalue weighted by Gasteiger charge is -2.46. The molecule has 2 unspecified atom stereocenters. The Balaban J connectivity index is 3.77. The number of ether oxygens (including phenoxy) is 1. The summed E-state index contributed by atoms with van der Waals surface area (Å²) in [5.74, 6) is -12.2. The lowest BCUT2D eigenvalue weighted by Crippen LogP contribution is -2.68. The average molecular weight is 402 g/mol. The van der Waals surface area contributed by atoms with Gasteiger partial charge in [-0.3, -0.25) is 0 Å². The van der Waals surface area contributed by atoms with Gasteiger partial charge in [0.15, 0.2) is 11.6 Å².